The number of guanidine groups is 1. The number of nitrogens with two attached hydrogens (primary N) is 1. The third-order valence-corrected chi connectivity index (χ3v) is 4.22. The van der Waals surface area contributed by atoms with Gasteiger partial charge in [0, 0.05) is 25.0 Å². The number of aromatic nitrogens is 1. The van der Waals surface area contributed by atoms with Gasteiger partial charge in [0.2, 0.25) is 0 Å². The second-order valence-corrected chi connectivity index (χ2v) is 6.12. The van der Waals surface area contributed by atoms with Gasteiger partial charge in [0.1, 0.15) is 5.82 Å². The molecule has 0 atom stereocenters. The highest BCUT2D eigenvalue weighted by Crippen LogP contribution is 2.17. The van der Waals surface area contributed by atoms with Crippen LogP contribution in [-0.4, -0.2) is 24.0 Å². The molecule has 2 heterocycles. The van der Waals surface area contributed by atoms with E-state index in [9.17, 15) is 0 Å². The number of anilines is 2. The lowest BCUT2D eigenvalue weighted by molar-refractivity contribution is 0.726. The summed E-state index contributed by atoms with van der Waals surface area (Å²) in [5, 5.41) is 3.08. The first-order valence-corrected chi connectivity index (χ1v) is 8.63. The first-order valence-electron chi connectivity index (χ1n) is 8.63. The number of hydrogen-bond donors (Lipinski definition) is 2. The van der Waals surface area contributed by atoms with Gasteiger partial charge >= 0.3 is 0 Å². The highest BCUT2D eigenvalue weighted by atomic mass is 127. The van der Waals surface area contributed by atoms with Gasteiger partial charge in [-0.3, -0.25) is 0 Å². The second-order valence-electron chi connectivity index (χ2n) is 6.12. The van der Waals surface area contributed by atoms with E-state index in [1.54, 1.807) is 0 Å². The number of pyridine rings is 1. The molecule has 6 heteroatoms. The molecule has 1 aliphatic rings. The average molecular weight is 451 g/mol. The van der Waals surface area contributed by atoms with Gasteiger partial charge in [-0.05, 0) is 36.6 Å². The van der Waals surface area contributed by atoms with Gasteiger partial charge in [-0.1, -0.05) is 37.1 Å². The van der Waals surface area contributed by atoms with Gasteiger partial charge in [-0.25, -0.2) is 9.98 Å². The fraction of sp³-hybridized carbons (Fsp3) is 0.368. The number of benzene rings is 1. The molecule has 25 heavy (non-hydrogen) atoms. The van der Waals surface area contributed by atoms with E-state index < -0.39 is 0 Å². The van der Waals surface area contributed by atoms with Gasteiger partial charge in [0.05, 0.1) is 6.54 Å². The number of aliphatic imine (C=N–C) groups is 1. The van der Waals surface area contributed by atoms with Crippen LogP contribution in [0, 0.1) is 0 Å². The topological polar surface area (TPSA) is 66.5 Å². The predicted molar refractivity (Wildman–Crippen MR) is 116 cm³/mol. The lowest BCUT2D eigenvalue weighted by atomic mass is 10.2. The zero-order valence-corrected chi connectivity index (χ0v) is 16.7. The maximum absolute atomic E-state index is 5.93. The van der Waals surface area contributed by atoms with Crippen molar-refractivity contribution in [3.8, 4) is 0 Å². The molecule has 1 saturated heterocycles. The summed E-state index contributed by atoms with van der Waals surface area (Å²) in [7, 11) is 0. The molecule has 1 fully saturated rings. The summed E-state index contributed by atoms with van der Waals surface area (Å²) < 4.78 is 0. The Hall–Kier alpha value is -1.83. The van der Waals surface area contributed by atoms with E-state index in [1.165, 1.54) is 25.7 Å². The Morgan fingerprint density at radius 2 is 1.76 bits per heavy atom. The molecule has 0 radical (unpaired) electrons. The predicted octanol–water partition coefficient (Wildman–Crippen LogP) is 4.01. The van der Waals surface area contributed by atoms with E-state index in [2.05, 4.69) is 32.3 Å². The monoisotopic (exact) mass is 451 g/mol. The molecule has 0 unspecified atom stereocenters. The SMILES string of the molecule is I.NC(=NCc1ccc(N2CCCCCC2)nc1)Nc1ccccc1. The number of halogens is 1. The molecular weight excluding hydrogens is 425 g/mol. The largest absolute Gasteiger partial charge is 0.370 e. The fourth-order valence-electron chi connectivity index (χ4n) is 2.88. The van der Waals surface area contributed by atoms with Crippen molar-refractivity contribution in [2.75, 3.05) is 23.3 Å². The van der Waals surface area contributed by atoms with Crippen molar-refractivity contribution in [3.63, 3.8) is 0 Å². The van der Waals surface area contributed by atoms with Crippen molar-refractivity contribution in [3.05, 3.63) is 54.2 Å². The molecule has 0 amide bonds. The van der Waals surface area contributed by atoms with Gasteiger partial charge in [-0.2, -0.15) is 0 Å². The first-order chi connectivity index (χ1) is 11.8. The van der Waals surface area contributed by atoms with Crippen LogP contribution in [-0.2, 0) is 6.54 Å². The molecule has 1 aliphatic heterocycles. The fourth-order valence-corrected chi connectivity index (χ4v) is 2.88. The molecule has 0 bridgehead atoms. The molecule has 0 spiro atoms. The van der Waals surface area contributed by atoms with Crippen LogP contribution in [0.5, 0.6) is 0 Å². The lowest BCUT2D eigenvalue weighted by Crippen LogP contribution is -2.24. The Morgan fingerprint density at radius 1 is 1.04 bits per heavy atom. The molecule has 3 rings (SSSR count). The molecule has 1 aromatic heterocycles. The van der Waals surface area contributed by atoms with Crippen LogP contribution < -0.4 is 16.0 Å². The third kappa shape index (κ3) is 6.19. The number of nitrogens with one attached hydrogen (secondary N) is 1. The zero-order valence-electron chi connectivity index (χ0n) is 14.4. The van der Waals surface area contributed by atoms with Crippen molar-refractivity contribution >= 4 is 41.4 Å². The molecule has 2 aromatic rings. The third-order valence-electron chi connectivity index (χ3n) is 4.22. The summed E-state index contributed by atoms with van der Waals surface area (Å²) in [4.78, 5) is 11.4. The Morgan fingerprint density at radius 3 is 2.40 bits per heavy atom. The minimum absolute atomic E-state index is 0. The first kappa shape index (κ1) is 19.5. The van der Waals surface area contributed by atoms with Gasteiger partial charge in [0.15, 0.2) is 5.96 Å². The van der Waals surface area contributed by atoms with Crippen LogP contribution in [0.15, 0.2) is 53.7 Å². The Bertz CT molecular complexity index is 649. The zero-order chi connectivity index (χ0) is 16.6. The smallest absolute Gasteiger partial charge is 0.193 e. The Labute approximate surface area is 166 Å². The molecule has 0 saturated carbocycles. The summed E-state index contributed by atoms with van der Waals surface area (Å²) in [5.41, 5.74) is 7.93. The summed E-state index contributed by atoms with van der Waals surface area (Å²) in [6.45, 7) is 2.75. The van der Waals surface area contributed by atoms with E-state index in [0.29, 0.717) is 12.5 Å². The second kappa shape index (κ2) is 10.2. The lowest BCUT2D eigenvalue weighted by Gasteiger charge is -2.21. The Kier molecular flexibility index (Phi) is 7.97. The number of rotatable bonds is 4. The molecule has 1 aromatic carbocycles. The standard InChI is InChI=1S/C19H25N5.HI/c20-19(23-17-8-4-3-5-9-17)22-15-16-10-11-18(21-14-16)24-12-6-1-2-7-13-24;/h3-5,8-11,14H,1-2,6-7,12-13,15H2,(H3,20,22,23);1H. The minimum Gasteiger partial charge on any atom is -0.370 e. The molecule has 134 valence electrons. The highest BCUT2D eigenvalue weighted by Gasteiger charge is 2.10. The van der Waals surface area contributed by atoms with Crippen LogP contribution >= 0.6 is 24.0 Å². The van der Waals surface area contributed by atoms with Crippen LogP contribution in [0.3, 0.4) is 0 Å². The van der Waals surface area contributed by atoms with Crippen molar-refractivity contribution in [1.82, 2.24) is 4.98 Å². The highest BCUT2D eigenvalue weighted by molar-refractivity contribution is 14.0. The summed E-state index contributed by atoms with van der Waals surface area (Å²) in [6.07, 6.45) is 7.08. The summed E-state index contributed by atoms with van der Waals surface area (Å²) >= 11 is 0. The van der Waals surface area contributed by atoms with E-state index >= 15 is 0 Å². The minimum atomic E-state index is 0. The van der Waals surface area contributed by atoms with Crippen LogP contribution in [0.2, 0.25) is 0 Å². The van der Waals surface area contributed by atoms with Crippen LogP contribution in [0.4, 0.5) is 11.5 Å². The molecule has 3 N–H and O–H groups in total. The van der Waals surface area contributed by atoms with Gasteiger partial charge < -0.3 is 16.0 Å². The summed E-state index contributed by atoms with van der Waals surface area (Å²) in [5.74, 6) is 1.48. The number of nitrogens with zero attached hydrogens (tertiary/aromatic N) is 3. The quantitative estimate of drug-likeness (QED) is 0.419. The van der Waals surface area contributed by atoms with Crippen molar-refractivity contribution in [2.24, 2.45) is 10.7 Å². The van der Waals surface area contributed by atoms with Crippen molar-refractivity contribution < 1.29 is 0 Å². The van der Waals surface area contributed by atoms with E-state index in [-0.39, 0.29) is 24.0 Å². The molecular formula is C19H26IN5. The van der Waals surface area contributed by atoms with Crippen LogP contribution in [0.1, 0.15) is 31.2 Å². The van der Waals surface area contributed by atoms with Gasteiger partial charge in [-0.15, -0.1) is 24.0 Å². The van der Waals surface area contributed by atoms with Crippen molar-refractivity contribution in [1.29, 1.82) is 0 Å². The maximum atomic E-state index is 5.93. The average Bonchev–Trinajstić information content (AvgIpc) is 2.91. The number of para-hydroxylation sites is 1. The van der Waals surface area contributed by atoms with E-state index in [0.717, 1.165) is 30.2 Å². The maximum Gasteiger partial charge on any atom is 0.193 e. The Balaban J connectivity index is 0.00000225. The van der Waals surface area contributed by atoms with E-state index in [1.807, 2.05) is 36.5 Å². The van der Waals surface area contributed by atoms with Crippen LogP contribution in [0.25, 0.3) is 0 Å². The summed E-state index contributed by atoms with van der Waals surface area (Å²) in [6, 6.07) is 14.0. The van der Waals surface area contributed by atoms with E-state index in [4.69, 9.17) is 5.73 Å². The van der Waals surface area contributed by atoms with Gasteiger partial charge in [0.25, 0.3) is 0 Å². The molecule has 5 nitrogen and oxygen atoms in total. The molecule has 0 aliphatic carbocycles. The number of hydrogen-bond acceptors (Lipinski definition) is 3. The van der Waals surface area contributed by atoms with Crippen molar-refractivity contribution in [2.45, 2.75) is 32.2 Å². The normalized spacial score (nSPS) is 15.2.